The molecule has 29 heavy (non-hydrogen) atoms. The third-order valence-electron chi connectivity index (χ3n) is 5.74. The van der Waals surface area contributed by atoms with Crippen LogP contribution in [0.4, 0.5) is 5.95 Å². The van der Waals surface area contributed by atoms with Crippen molar-refractivity contribution in [1.29, 1.82) is 5.26 Å². The van der Waals surface area contributed by atoms with Gasteiger partial charge in [-0.05, 0) is 50.2 Å². The summed E-state index contributed by atoms with van der Waals surface area (Å²) in [5, 5.41) is 12.3. The predicted octanol–water partition coefficient (Wildman–Crippen LogP) is 4.32. The van der Waals surface area contributed by atoms with Crippen LogP contribution >= 0.6 is 11.6 Å². The lowest BCUT2D eigenvalue weighted by atomic mass is 9.94. The smallest absolute Gasteiger partial charge is 0.227 e. The van der Waals surface area contributed by atoms with Gasteiger partial charge in [0.05, 0.1) is 18.3 Å². The molecule has 7 heteroatoms. The zero-order chi connectivity index (χ0) is 20.4. The monoisotopic (exact) mass is 409 g/mol. The van der Waals surface area contributed by atoms with Gasteiger partial charge in [-0.1, -0.05) is 35.9 Å². The molecule has 4 rings (SSSR count). The van der Waals surface area contributed by atoms with Gasteiger partial charge in [-0.25, -0.2) is 4.98 Å². The zero-order valence-electron chi connectivity index (χ0n) is 16.4. The fraction of sp³-hybridized carbons (Fsp3) is 0.455. The molecule has 1 aromatic carbocycles. The molecule has 1 saturated heterocycles. The Kier molecular flexibility index (Phi) is 5.68. The SMILES string of the molecule is C[C@H](NC(=O)C1CC1)c1ccc(C2CCCCN2c2ncc(C#N)c(Cl)n2)cc1. The van der Waals surface area contributed by atoms with E-state index in [9.17, 15) is 4.79 Å². The van der Waals surface area contributed by atoms with E-state index in [1.54, 1.807) is 0 Å². The van der Waals surface area contributed by atoms with Crippen LogP contribution in [0.25, 0.3) is 0 Å². The van der Waals surface area contributed by atoms with Crippen molar-refractivity contribution in [3.05, 3.63) is 52.3 Å². The number of nitrogens with zero attached hydrogens (tertiary/aromatic N) is 4. The van der Waals surface area contributed by atoms with E-state index in [1.165, 1.54) is 11.8 Å². The Labute approximate surface area is 175 Å². The molecule has 1 unspecified atom stereocenters. The normalized spacial score (nSPS) is 20.0. The number of nitrogens with one attached hydrogen (secondary N) is 1. The number of carbonyl (C=O) groups excluding carboxylic acids is 1. The van der Waals surface area contributed by atoms with Crippen molar-refractivity contribution in [2.45, 2.75) is 51.1 Å². The summed E-state index contributed by atoms with van der Waals surface area (Å²) in [4.78, 5) is 22.9. The van der Waals surface area contributed by atoms with Gasteiger partial charge in [0, 0.05) is 12.5 Å². The second-order valence-electron chi connectivity index (χ2n) is 7.86. The van der Waals surface area contributed by atoms with E-state index in [2.05, 4.69) is 44.5 Å². The first-order valence-electron chi connectivity index (χ1n) is 10.2. The standard InChI is InChI=1S/C22H24ClN5O/c1-14(26-21(29)17-9-10-17)15-5-7-16(8-6-15)19-4-2-3-11-28(19)22-25-13-18(12-24)20(23)27-22/h5-8,13-14,17,19H,2-4,9-11H2,1H3,(H,26,29)/t14-,19?/m0/s1. The lowest BCUT2D eigenvalue weighted by Crippen LogP contribution is -2.34. The van der Waals surface area contributed by atoms with E-state index in [0.29, 0.717) is 5.95 Å². The van der Waals surface area contributed by atoms with E-state index in [0.717, 1.165) is 44.2 Å². The van der Waals surface area contributed by atoms with Gasteiger partial charge in [0.1, 0.15) is 11.6 Å². The molecule has 0 radical (unpaired) electrons. The number of carbonyl (C=O) groups is 1. The molecular weight excluding hydrogens is 386 g/mol. The predicted molar refractivity (Wildman–Crippen MR) is 111 cm³/mol. The van der Waals surface area contributed by atoms with Crippen molar-refractivity contribution in [1.82, 2.24) is 15.3 Å². The Bertz CT molecular complexity index is 935. The molecule has 1 aromatic heterocycles. The second kappa shape index (κ2) is 8.38. The van der Waals surface area contributed by atoms with Crippen molar-refractivity contribution in [2.24, 2.45) is 5.92 Å². The molecule has 2 aromatic rings. The molecule has 2 atom stereocenters. The van der Waals surface area contributed by atoms with E-state index in [1.807, 2.05) is 13.0 Å². The van der Waals surface area contributed by atoms with Gasteiger partial charge >= 0.3 is 0 Å². The average molecular weight is 410 g/mol. The first-order chi connectivity index (χ1) is 14.1. The van der Waals surface area contributed by atoms with Crippen LogP contribution in [-0.4, -0.2) is 22.4 Å². The Hall–Kier alpha value is -2.65. The van der Waals surface area contributed by atoms with Crippen LogP contribution < -0.4 is 10.2 Å². The van der Waals surface area contributed by atoms with Crippen LogP contribution in [0.1, 0.15) is 67.8 Å². The average Bonchev–Trinajstić information content (AvgIpc) is 3.59. The minimum absolute atomic E-state index is 0.000255. The Morgan fingerprint density at radius 3 is 2.69 bits per heavy atom. The second-order valence-corrected chi connectivity index (χ2v) is 8.22. The molecule has 150 valence electrons. The molecule has 1 amide bonds. The van der Waals surface area contributed by atoms with Crippen molar-refractivity contribution < 1.29 is 4.79 Å². The van der Waals surface area contributed by atoms with Crippen molar-refractivity contribution in [2.75, 3.05) is 11.4 Å². The van der Waals surface area contributed by atoms with E-state index >= 15 is 0 Å². The van der Waals surface area contributed by atoms with Crippen molar-refractivity contribution >= 4 is 23.5 Å². The number of aromatic nitrogens is 2. The number of anilines is 1. The van der Waals surface area contributed by atoms with Crippen LogP contribution in [0.5, 0.6) is 0 Å². The number of piperidine rings is 1. The van der Waals surface area contributed by atoms with Crippen LogP contribution in [-0.2, 0) is 4.79 Å². The van der Waals surface area contributed by atoms with Crippen molar-refractivity contribution in [3.8, 4) is 6.07 Å². The summed E-state index contributed by atoms with van der Waals surface area (Å²) in [6.07, 6.45) is 6.73. The van der Waals surface area contributed by atoms with Gasteiger partial charge in [-0.15, -0.1) is 0 Å². The fourth-order valence-electron chi connectivity index (χ4n) is 3.85. The maximum absolute atomic E-state index is 12.0. The highest BCUT2D eigenvalue weighted by Crippen LogP contribution is 2.35. The Morgan fingerprint density at radius 2 is 2.03 bits per heavy atom. The maximum Gasteiger partial charge on any atom is 0.227 e. The molecule has 1 saturated carbocycles. The zero-order valence-corrected chi connectivity index (χ0v) is 17.2. The largest absolute Gasteiger partial charge is 0.349 e. The van der Waals surface area contributed by atoms with Crippen LogP contribution in [0, 0.1) is 17.2 Å². The third kappa shape index (κ3) is 4.35. The van der Waals surface area contributed by atoms with Crippen LogP contribution in [0.3, 0.4) is 0 Å². The molecule has 0 bridgehead atoms. The van der Waals surface area contributed by atoms with E-state index in [-0.39, 0.29) is 34.6 Å². The summed E-state index contributed by atoms with van der Waals surface area (Å²) < 4.78 is 0. The number of nitriles is 1. The molecular formula is C22H24ClN5O. The third-order valence-corrected chi connectivity index (χ3v) is 6.03. The highest BCUT2D eigenvalue weighted by atomic mass is 35.5. The summed E-state index contributed by atoms with van der Waals surface area (Å²) in [5.74, 6) is 0.939. The lowest BCUT2D eigenvalue weighted by Gasteiger charge is -2.36. The molecule has 2 heterocycles. The molecule has 1 N–H and O–H groups in total. The Balaban J connectivity index is 1.51. The molecule has 2 fully saturated rings. The van der Waals surface area contributed by atoms with E-state index < -0.39 is 0 Å². The molecule has 1 aliphatic carbocycles. The maximum atomic E-state index is 12.0. The van der Waals surface area contributed by atoms with Crippen LogP contribution in [0.15, 0.2) is 30.5 Å². The summed E-state index contributed by atoms with van der Waals surface area (Å²) in [6.45, 7) is 2.87. The first kappa shape index (κ1) is 19.7. The molecule has 0 spiro atoms. The van der Waals surface area contributed by atoms with Gasteiger partial charge in [-0.3, -0.25) is 4.79 Å². The number of halogens is 1. The minimum Gasteiger partial charge on any atom is -0.349 e. The number of rotatable bonds is 5. The van der Waals surface area contributed by atoms with Gasteiger partial charge in [-0.2, -0.15) is 10.2 Å². The number of benzene rings is 1. The highest BCUT2D eigenvalue weighted by molar-refractivity contribution is 6.30. The number of hydrogen-bond donors (Lipinski definition) is 1. The summed E-state index contributed by atoms with van der Waals surface area (Å²) in [7, 11) is 0. The number of hydrogen-bond acceptors (Lipinski definition) is 5. The minimum atomic E-state index is 0.000255. The molecule has 2 aliphatic rings. The van der Waals surface area contributed by atoms with Crippen LogP contribution in [0.2, 0.25) is 5.15 Å². The first-order valence-corrected chi connectivity index (χ1v) is 10.5. The quantitative estimate of drug-likeness (QED) is 0.743. The lowest BCUT2D eigenvalue weighted by molar-refractivity contribution is -0.122. The molecule has 6 nitrogen and oxygen atoms in total. The topological polar surface area (TPSA) is 81.9 Å². The summed E-state index contributed by atoms with van der Waals surface area (Å²) >= 11 is 6.13. The highest BCUT2D eigenvalue weighted by Gasteiger charge is 2.30. The number of amides is 1. The fourth-order valence-corrected chi connectivity index (χ4v) is 4.02. The van der Waals surface area contributed by atoms with Gasteiger partial charge in [0.2, 0.25) is 11.9 Å². The van der Waals surface area contributed by atoms with Crippen molar-refractivity contribution in [3.63, 3.8) is 0 Å². The summed E-state index contributed by atoms with van der Waals surface area (Å²) in [5.41, 5.74) is 2.58. The van der Waals surface area contributed by atoms with Gasteiger partial charge in [0.25, 0.3) is 0 Å². The van der Waals surface area contributed by atoms with Gasteiger partial charge in [0.15, 0.2) is 5.15 Å². The molecule has 1 aliphatic heterocycles. The summed E-state index contributed by atoms with van der Waals surface area (Å²) in [6, 6.07) is 10.6. The van der Waals surface area contributed by atoms with Gasteiger partial charge < -0.3 is 10.2 Å². The Morgan fingerprint density at radius 1 is 1.28 bits per heavy atom. The van der Waals surface area contributed by atoms with E-state index in [4.69, 9.17) is 16.9 Å².